The molecule has 8 heteroatoms. The van der Waals surface area contributed by atoms with E-state index in [1.807, 2.05) is 0 Å². The zero-order valence-electron chi connectivity index (χ0n) is 13.6. The first-order valence-electron chi connectivity index (χ1n) is 7.74. The largest absolute Gasteiger partial charge is 0.466 e. The van der Waals surface area contributed by atoms with Crippen LogP contribution in [0.15, 0.2) is 24.3 Å². The smallest absolute Gasteiger partial charge is 0.392 e. The third-order valence-corrected chi connectivity index (χ3v) is 5.40. The Morgan fingerprint density at radius 1 is 1.32 bits per heavy atom. The topological polar surface area (TPSA) is 43.4 Å². The molecule has 1 aliphatic carbocycles. The molecule has 1 saturated carbocycles. The summed E-state index contributed by atoms with van der Waals surface area (Å²) in [6.07, 6.45) is -4.37. The summed E-state index contributed by atoms with van der Waals surface area (Å²) in [4.78, 5) is 23.5. The van der Waals surface area contributed by atoms with Crippen LogP contribution < -0.4 is 0 Å². The van der Waals surface area contributed by atoms with Crippen molar-refractivity contribution in [2.45, 2.75) is 42.6 Å². The van der Waals surface area contributed by atoms with Gasteiger partial charge in [-0.15, -0.1) is 0 Å². The number of carbonyl (C=O) groups is 2. The molecule has 0 spiro atoms. The standard InChI is InChI=1S/C17H17Cl2F3O3/c1-3-25-15(24)14(9(2)17(20,21)22)11-6-4-10(5-7-11)12-8-13(23)16(12,18)19/h4-7,9,12,14H,3,8H2,1-2H3. The Bertz CT molecular complexity index is 656. The van der Waals surface area contributed by atoms with Crippen LogP contribution in [0.25, 0.3) is 0 Å². The van der Waals surface area contributed by atoms with E-state index in [2.05, 4.69) is 0 Å². The van der Waals surface area contributed by atoms with Crippen LogP contribution in [0.4, 0.5) is 13.2 Å². The predicted octanol–water partition coefficient (Wildman–Crippen LogP) is 4.76. The molecule has 2 rings (SSSR count). The highest BCUT2D eigenvalue weighted by atomic mass is 35.5. The van der Waals surface area contributed by atoms with Crippen LogP contribution in [0.3, 0.4) is 0 Å². The lowest BCUT2D eigenvalue weighted by atomic mass is 9.76. The van der Waals surface area contributed by atoms with Crippen molar-refractivity contribution in [1.29, 1.82) is 0 Å². The van der Waals surface area contributed by atoms with E-state index < -0.39 is 34.2 Å². The molecule has 0 radical (unpaired) electrons. The highest BCUT2D eigenvalue weighted by Gasteiger charge is 2.53. The zero-order chi connectivity index (χ0) is 19.0. The fourth-order valence-corrected chi connectivity index (χ4v) is 3.39. The Labute approximate surface area is 153 Å². The second kappa shape index (κ2) is 7.16. The molecule has 3 unspecified atom stereocenters. The molecule has 0 aliphatic heterocycles. The van der Waals surface area contributed by atoms with Gasteiger partial charge in [0.2, 0.25) is 0 Å². The van der Waals surface area contributed by atoms with Crippen LogP contribution in [0.1, 0.15) is 43.2 Å². The van der Waals surface area contributed by atoms with E-state index >= 15 is 0 Å². The molecule has 1 aromatic carbocycles. The summed E-state index contributed by atoms with van der Waals surface area (Å²) in [6, 6.07) is 5.93. The van der Waals surface area contributed by atoms with Gasteiger partial charge in [0.25, 0.3) is 0 Å². The Kier molecular flexibility index (Phi) is 5.74. The third-order valence-electron chi connectivity index (χ3n) is 4.45. The molecular weight excluding hydrogens is 380 g/mol. The summed E-state index contributed by atoms with van der Waals surface area (Å²) in [5, 5.41) is 0. The predicted molar refractivity (Wildman–Crippen MR) is 87.8 cm³/mol. The van der Waals surface area contributed by atoms with E-state index in [1.54, 1.807) is 12.1 Å². The molecule has 0 amide bonds. The minimum Gasteiger partial charge on any atom is -0.466 e. The van der Waals surface area contributed by atoms with Gasteiger partial charge < -0.3 is 4.74 Å². The van der Waals surface area contributed by atoms with Crippen molar-refractivity contribution in [3.8, 4) is 0 Å². The Morgan fingerprint density at radius 2 is 1.88 bits per heavy atom. The molecular formula is C17H17Cl2F3O3. The van der Waals surface area contributed by atoms with Crippen molar-refractivity contribution >= 4 is 35.0 Å². The van der Waals surface area contributed by atoms with Crippen molar-refractivity contribution in [1.82, 2.24) is 0 Å². The quantitative estimate of drug-likeness (QED) is 0.532. The summed E-state index contributed by atoms with van der Waals surface area (Å²) in [7, 11) is 0. The van der Waals surface area contributed by atoms with E-state index in [1.165, 1.54) is 19.1 Å². The van der Waals surface area contributed by atoms with Gasteiger partial charge >= 0.3 is 12.1 Å². The number of hydrogen-bond donors (Lipinski definition) is 0. The second-order valence-corrected chi connectivity index (χ2v) is 7.42. The number of ketones is 1. The minimum atomic E-state index is -4.54. The van der Waals surface area contributed by atoms with Gasteiger partial charge in [-0.2, -0.15) is 13.2 Å². The van der Waals surface area contributed by atoms with Crippen molar-refractivity contribution in [2.75, 3.05) is 6.61 Å². The molecule has 3 atom stereocenters. The molecule has 25 heavy (non-hydrogen) atoms. The lowest BCUT2D eigenvalue weighted by Gasteiger charge is -2.38. The second-order valence-electron chi connectivity index (χ2n) is 6.03. The van der Waals surface area contributed by atoms with Crippen molar-refractivity contribution in [2.24, 2.45) is 5.92 Å². The summed E-state index contributed by atoms with van der Waals surface area (Å²) in [5.74, 6) is -5.00. The number of esters is 1. The minimum absolute atomic E-state index is 0.0107. The van der Waals surface area contributed by atoms with Crippen LogP contribution in [0.5, 0.6) is 0 Å². The first-order chi connectivity index (χ1) is 11.5. The van der Waals surface area contributed by atoms with Crippen LogP contribution in [-0.2, 0) is 14.3 Å². The van der Waals surface area contributed by atoms with E-state index in [0.717, 1.165) is 6.92 Å². The highest BCUT2D eigenvalue weighted by molar-refractivity contribution is 6.61. The Morgan fingerprint density at radius 3 is 2.28 bits per heavy atom. The maximum atomic E-state index is 13.1. The van der Waals surface area contributed by atoms with E-state index in [0.29, 0.717) is 5.56 Å². The van der Waals surface area contributed by atoms with Crippen molar-refractivity contribution in [3.05, 3.63) is 35.4 Å². The monoisotopic (exact) mass is 396 g/mol. The first-order valence-corrected chi connectivity index (χ1v) is 8.50. The van der Waals surface area contributed by atoms with Gasteiger partial charge in [0.1, 0.15) is 0 Å². The molecule has 1 fully saturated rings. The molecule has 1 aromatic rings. The maximum absolute atomic E-state index is 13.1. The fourth-order valence-electron chi connectivity index (χ4n) is 2.83. The normalized spacial score (nSPS) is 22.0. The van der Waals surface area contributed by atoms with E-state index in [4.69, 9.17) is 27.9 Å². The van der Waals surface area contributed by atoms with Gasteiger partial charge in [-0.1, -0.05) is 54.4 Å². The van der Waals surface area contributed by atoms with E-state index in [-0.39, 0.29) is 24.4 Å². The molecule has 0 N–H and O–H groups in total. The first kappa shape index (κ1) is 20.0. The van der Waals surface area contributed by atoms with E-state index in [9.17, 15) is 22.8 Å². The van der Waals surface area contributed by atoms with Gasteiger partial charge in [-0.3, -0.25) is 9.59 Å². The third kappa shape index (κ3) is 3.95. The van der Waals surface area contributed by atoms with Gasteiger partial charge in [-0.05, 0) is 18.1 Å². The summed E-state index contributed by atoms with van der Waals surface area (Å²) in [5.41, 5.74) is 0.822. The number of alkyl halides is 5. The number of hydrogen-bond acceptors (Lipinski definition) is 3. The number of carbonyl (C=O) groups excluding carboxylic acids is 2. The van der Waals surface area contributed by atoms with Crippen LogP contribution in [-0.4, -0.2) is 28.9 Å². The molecule has 138 valence electrons. The lowest BCUT2D eigenvalue weighted by molar-refractivity contribution is -0.185. The summed E-state index contributed by atoms with van der Waals surface area (Å²) < 4.78 is 42.7. The molecule has 0 heterocycles. The maximum Gasteiger partial charge on any atom is 0.392 e. The number of halogens is 5. The van der Waals surface area contributed by atoms with Crippen LogP contribution in [0.2, 0.25) is 0 Å². The zero-order valence-corrected chi connectivity index (χ0v) is 15.1. The number of benzene rings is 1. The number of rotatable bonds is 5. The molecule has 1 aliphatic rings. The van der Waals surface area contributed by atoms with Gasteiger partial charge in [0.15, 0.2) is 10.1 Å². The number of ether oxygens (including phenoxy) is 1. The Hall–Kier alpha value is -1.27. The van der Waals surface area contributed by atoms with Gasteiger partial charge in [0.05, 0.1) is 18.4 Å². The fraction of sp³-hybridized carbons (Fsp3) is 0.529. The molecule has 3 nitrogen and oxygen atoms in total. The van der Waals surface area contributed by atoms with Gasteiger partial charge in [0, 0.05) is 12.3 Å². The molecule has 0 saturated heterocycles. The average molecular weight is 397 g/mol. The molecule has 0 aromatic heterocycles. The molecule has 0 bridgehead atoms. The average Bonchev–Trinajstić information content (AvgIpc) is 2.53. The highest BCUT2D eigenvalue weighted by Crippen LogP contribution is 2.51. The van der Waals surface area contributed by atoms with Crippen LogP contribution in [0, 0.1) is 5.92 Å². The van der Waals surface area contributed by atoms with Gasteiger partial charge in [-0.25, -0.2) is 0 Å². The number of Topliss-reactive ketones (excluding diaryl/α,β-unsaturated/α-hetero) is 1. The lowest BCUT2D eigenvalue weighted by Crippen LogP contribution is -2.45. The van der Waals surface area contributed by atoms with Crippen LogP contribution >= 0.6 is 23.2 Å². The summed E-state index contributed by atoms with van der Waals surface area (Å²) in [6.45, 7) is 2.47. The van der Waals surface area contributed by atoms with Crippen molar-refractivity contribution in [3.63, 3.8) is 0 Å². The Balaban J connectivity index is 2.29. The van der Waals surface area contributed by atoms with Crippen molar-refractivity contribution < 1.29 is 27.5 Å². The SMILES string of the molecule is CCOC(=O)C(c1ccc(C2CC(=O)C2(Cl)Cl)cc1)C(C)C(F)(F)F. The summed E-state index contributed by atoms with van der Waals surface area (Å²) >= 11 is 11.9.